The molecular formula is C16H19N3O3. The molecule has 1 fully saturated rings. The third-order valence-corrected chi connectivity index (χ3v) is 3.89. The molecule has 2 aromatic rings. The number of nitrogens with one attached hydrogen (secondary N) is 2. The van der Waals surface area contributed by atoms with Crippen LogP contribution in [-0.2, 0) is 9.59 Å². The molecule has 2 heterocycles. The van der Waals surface area contributed by atoms with E-state index >= 15 is 0 Å². The number of amides is 2. The first-order chi connectivity index (χ1) is 10.5. The molecule has 1 aliphatic heterocycles. The second-order valence-corrected chi connectivity index (χ2v) is 5.76. The van der Waals surface area contributed by atoms with Crippen molar-refractivity contribution in [1.29, 1.82) is 0 Å². The number of H-pyrrole nitrogens is 1. The van der Waals surface area contributed by atoms with Crippen LogP contribution in [0.15, 0.2) is 24.3 Å². The zero-order valence-corrected chi connectivity index (χ0v) is 12.4. The van der Waals surface area contributed by atoms with Gasteiger partial charge < -0.3 is 20.3 Å². The van der Waals surface area contributed by atoms with Gasteiger partial charge in [-0.2, -0.15) is 0 Å². The Balaban J connectivity index is 1.70. The molecule has 6 nitrogen and oxygen atoms in total. The average Bonchev–Trinajstić information content (AvgIpc) is 2.85. The SMILES string of the molecule is Cc1cc2cc(NC(=O)C(=O)N3CCCC(O)C3)ccc2[nH]1. The highest BCUT2D eigenvalue weighted by molar-refractivity contribution is 6.39. The van der Waals surface area contributed by atoms with E-state index in [9.17, 15) is 14.7 Å². The quantitative estimate of drug-likeness (QED) is 0.696. The molecule has 1 aromatic heterocycles. The van der Waals surface area contributed by atoms with Crippen molar-refractivity contribution in [1.82, 2.24) is 9.88 Å². The van der Waals surface area contributed by atoms with Crippen molar-refractivity contribution < 1.29 is 14.7 Å². The Kier molecular flexibility index (Phi) is 3.85. The lowest BCUT2D eigenvalue weighted by Gasteiger charge is -2.29. The molecule has 0 spiro atoms. The molecule has 1 atom stereocenters. The smallest absolute Gasteiger partial charge is 0.313 e. The molecule has 3 rings (SSSR count). The summed E-state index contributed by atoms with van der Waals surface area (Å²) >= 11 is 0. The summed E-state index contributed by atoms with van der Waals surface area (Å²) in [6, 6.07) is 7.43. The first kappa shape index (κ1) is 14.6. The number of aliphatic hydroxyl groups excluding tert-OH is 1. The topological polar surface area (TPSA) is 85.4 Å². The molecule has 0 bridgehead atoms. The Hall–Kier alpha value is -2.34. The number of likely N-dealkylation sites (tertiary alicyclic amines) is 1. The van der Waals surface area contributed by atoms with Crippen LogP contribution in [0.1, 0.15) is 18.5 Å². The maximum Gasteiger partial charge on any atom is 0.313 e. The fraction of sp³-hybridized carbons (Fsp3) is 0.375. The van der Waals surface area contributed by atoms with Crippen LogP contribution in [0.3, 0.4) is 0 Å². The van der Waals surface area contributed by atoms with Crippen molar-refractivity contribution in [2.45, 2.75) is 25.9 Å². The number of aromatic amines is 1. The van der Waals surface area contributed by atoms with Crippen molar-refractivity contribution in [2.24, 2.45) is 0 Å². The molecule has 22 heavy (non-hydrogen) atoms. The predicted octanol–water partition coefficient (Wildman–Crippen LogP) is 1.40. The lowest BCUT2D eigenvalue weighted by molar-refractivity contribution is -0.145. The second-order valence-electron chi connectivity index (χ2n) is 5.76. The van der Waals surface area contributed by atoms with Crippen LogP contribution in [0.5, 0.6) is 0 Å². The van der Waals surface area contributed by atoms with Gasteiger partial charge in [-0.15, -0.1) is 0 Å². The van der Waals surface area contributed by atoms with Crippen LogP contribution in [0.4, 0.5) is 5.69 Å². The van der Waals surface area contributed by atoms with Gasteiger partial charge in [0.1, 0.15) is 0 Å². The van der Waals surface area contributed by atoms with Gasteiger partial charge in [-0.05, 0) is 44.0 Å². The minimum atomic E-state index is -0.666. The molecule has 1 aliphatic rings. The van der Waals surface area contributed by atoms with Gasteiger partial charge in [0.05, 0.1) is 6.10 Å². The molecule has 0 radical (unpaired) electrons. The van der Waals surface area contributed by atoms with E-state index in [0.717, 1.165) is 23.0 Å². The Labute approximate surface area is 128 Å². The Morgan fingerprint density at radius 2 is 2.18 bits per heavy atom. The summed E-state index contributed by atoms with van der Waals surface area (Å²) in [7, 11) is 0. The number of aryl methyl sites for hydroxylation is 1. The first-order valence-corrected chi connectivity index (χ1v) is 7.40. The number of hydrogen-bond donors (Lipinski definition) is 3. The number of aliphatic hydroxyl groups is 1. The van der Waals surface area contributed by atoms with Crippen LogP contribution >= 0.6 is 0 Å². The van der Waals surface area contributed by atoms with Gasteiger partial charge in [0.2, 0.25) is 0 Å². The normalized spacial score (nSPS) is 18.5. The van der Waals surface area contributed by atoms with Gasteiger partial charge in [0.25, 0.3) is 0 Å². The highest BCUT2D eigenvalue weighted by Gasteiger charge is 2.26. The van der Waals surface area contributed by atoms with E-state index in [1.165, 1.54) is 4.90 Å². The third kappa shape index (κ3) is 2.96. The monoisotopic (exact) mass is 301 g/mol. The molecule has 3 N–H and O–H groups in total. The van der Waals surface area contributed by atoms with Crippen LogP contribution < -0.4 is 5.32 Å². The standard InChI is InChI=1S/C16H19N3O3/c1-10-7-11-8-12(4-5-14(11)17-10)18-15(21)16(22)19-6-2-3-13(20)9-19/h4-5,7-8,13,17,20H,2-3,6,9H2,1H3,(H,18,21). The molecular weight excluding hydrogens is 282 g/mol. The minimum Gasteiger partial charge on any atom is -0.391 e. The fourth-order valence-corrected chi connectivity index (χ4v) is 2.82. The lowest BCUT2D eigenvalue weighted by atomic mass is 10.1. The Morgan fingerprint density at radius 1 is 1.36 bits per heavy atom. The van der Waals surface area contributed by atoms with E-state index in [0.29, 0.717) is 18.7 Å². The lowest BCUT2D eigenvalue weighted by Crippen LogP contribution is -2.46. The number of carbonyl (C=O) groups is 2. The molecule has 0 aliphatic carbocycles. The number of anilines is 1. The second kappa shape index (κ2) is 5.81. The zero-order chi connectivity index (χ0) is 15.7. The molecule has 1 aromatic carbocycles. The number of carbonyl (C=O) groups excluding carboxylic acids is 2. The molecule has 1 saturated heterocycles. The fourth-order valence-electron chi connectivity index (χ4n) is 2.82. The highest BCUT2D eigenvalue weighted by Crippen LogP contribution is 2.20. The molecule has 116 valence electrons. The van der Waals surface area contributed by atoms with Gasteiger partial charge >= 0.3 is 11.8 Å². The van der Waals surface area contributed by atoms with Crippen molar-refractivity contribution >= 4 is 28.4 Å². The van der Waals surface area contributed by atoms with Crippen molar-refractivity contribution in [3.8, 4) is 0 Å². The van der Waals surface area contributed by atoms with E-state index < -0.39 is 17.9 Å². The van der Waals surface area contributed by atoms with E-state index in [2.05, 4.69) is 10.3 Å². The number of fused-ring (bicyclic) bond motifs is 1. The maximum absolute atomic E-state index is 12.1. The number of aromatic nitrogens is 1. The highest BCUT2D eigenvalue weighted by atomic mass is 16.3. The number of nitrogens with zero attached hydrogens (tertiary/aromatic N) is 1. The van der Waals surface area contributed by atoms with Crippen LogP contribution in [0.2, 0.25) is 0 Å². The maximum atomic E-state index is 12.1. The van der Waals surface area contributed by atoms with Gasteiger partial charge in [-0.25, -0.2) is 0 Å². The van der Waals surface area contributed by atoms with E-state index in [4.69, 9.17) is 0 Å². The molecule has 2 amide bonds. The summed E-state index contributed by atoms with van der Waals surface area (Å²) in [6.45, 7) is 2.70. The summed E-state index contributed by atoms with van der Waals surface area (Å²) < 4.78 is 0. The van der Waals surface area contributed by atoms with Gasteiger partial charge in [0.15, 0.2) is 0 Å². The number of β-amino-alcohol motifs (C(OH)–C–C–N with tert-alkyl or cyclic N) is 1. The van der Waals surface area contributed by atoms with Crippen LogP contribution in [0.25, 0.3) is 10.9 Å². The zero-order valence-electron chi connectivity index (χ0n) is 12.4. The van der Waals surface area contributed by atoms with Crippen molar-refractivity contribution in [3.63, 3.8) is 0 Å². The van der Waals surface area contributed by atoms with Crippen LogP contribution in [0, 0.1) is 6.92 Å². The van der Waals surface area contributed by atoms with Gasteiger partial charge in [0, 0.05) is 35.4 Å². The Bertz CT molecular complexity index is 722. The summed E-state index contributed by atoms with van der Waals surface area (Å²) in [5, 5.41) is 13.2. The van der Waals surface area contributed by atoms with Crippen LogP contribution in [-0.4, -0.2) is 46.0 Å². The molecule has 6 heteroatoms. The predicted molar refractivity (Wildman–Crippen MR) is 83.5 cm³/mol. The minimum absolute atomic E-state index is 0.224. The van der Waals surface area contributed by atoms with E-state index in [1.54, 1.807) is 6.07 Å². The van der Waals surface area contributed by atoms with Gasteiger partial charge in [-0.1, -0.05) is 0 Å². The Morgan fingerprint density at radius 3 is 2.95 bits per heavy atom. The largest absolute Gasteiger partial charge is 0.391 e. The van der Waals surface area contributed by atoms with E-state index in [-0.39, 0.29) is 6.54 Å². The van der Waals surface area contributed by atoms with E-state index in [1.807, 2.05) is 25.1 Å². The van der Waals surface area contributed by atoms with Gasteiger partial charge in [-0.3, -0.25) is 9.59 Å². The number of hydrogen-bond acceptors (Lipinski definition) is 3. The number of benzene rings is 1. The summed E-state index contributed by atoms with van der Waals surface area (Å²) in [5.41, 5.74) is 2.61. The molecule has 0 saturated carbocycles. The first-order valence-electron chi connectivity index (χ1n) is 7.40. The number of rotatable bonds is 1. The third-order valence-electron chi connectivity index (χ3n) is 3.89. The average molecular weight is 301 g/mol. The summed E-state index contributed by atoms with van der Waals surface area (Å²) in [4.78, 5) is 28.8. The summed E-state index contributed by atoms with van der Waals surface area (Å²) in [5.74, 6) is -1.26. The summed E-state index contributed by atoms with van der Waals surface area (Å²) in [6.07, 6.45) is 0.855. The number of piperidine rings is 1. The van der Waals surface area contributed by atoms with Crippen molar-refractivity contribution in [3.05, 3.63) is 30.0 Å². The molecule has 1 unspecified atom stereocenters. The van der Waals surface area contributed by atoms with Crippen molar-refractivity contribution in [2.75, 3.05) is 18.4 Å².